The highest BCUT2D eigenvalue weighted by Gasteiger charge is 2.36. The van der Waals surface area contributed by atoms with E-state index in [2.05, 4.69) is 4.98 Å². The largest absolute Gasteiger partial charge is 0.330 e. The standard InChI is InChI=1S/C14H23N3O2S/c1-2-17(14-8-4-3-6-12(14)10-15)20(18,19)13-7-5-9-16-11-13/h5,7,9,11-12,14H,2-4,6,8,10,15H2,1H3. The third-order valence-electron chi connectivity index (χ3n) is 4.09. The first-order valence-electron chi connectivity index (χ1n) is 7.23. The van der Waals surface area contributed by atoms with Gasteiger partial charge in [0.1, 0.15) is 4.90 Å². The van der Waals surface area contributed by atoms with Crippen molar-refractivity contribution in [2.45, 2.75) is 43.5 Å². The number of aromatic nitrogens is 1. The molecule has 0 spiro atoms. The first kappa shape index (κ1) is 15.4. The van der Waals surface area contributed by atoms with Crippen LogP contribution in [0, 0.1) is 5.92 Å². The van der Waals surface area contributed by atoms with Gasteiger partial charge in [-0.05, 0) is 37.4 Å². The van der Waals surface area contributed by atoms with E-state index in [4.69, 9.17) is 5.73 Å². The molecule has 20 heavy (non-hydrogen) atoms. The van der Waals surface area contributed by atoms with Crippen molar-refractivity contribution in [1.82, 2.24) is 9.29 Å². The number of hydrogen-bond donors (Lipinski definition) is 1. The van der Waals surface area contributed by atoms with Crippen molar-refractivity contribution in [1.29, 1.82) is 0 Å². The van der Waals surface area contributed by atoms with Gasteiger partial charge >= 0.3 is 0 Å². The maximum Gasteiger partial charge on any atom is 0.244 e. The molecule has 0 saturated heterocycles. The Bertz CT molecular complexity index is 518. The Hall–Kier alpha value is -0.980. The van der Waals surface area contributed by atoms with Gasteiger partial charge in [-0.2, -0.15) is 4.31 Å². The molecule has 112 valence electrons. The molecular weight excluding hydrogens is 274 g/mol. The van der Waals surface area contributed by atoms with Crippen LogP contribution in [-0.2, 0) is 10.0 Å². The molecule has 1 aliphatic carbocycles. The van der Waals surface area contributed by atoms with Gasteiger partial charge in [0.05, 0.1) is 0 Å². The number of nitrogens with zero attached hydrogens (tertiary/aromatic N) is 2. The second-order valence-corrected chi connectivity index (χ2v) is 7.14. The molecule has 2 N–H and O–H groups in total. The van der Waals surface area contributed by atoms with Crippen LogP contribution in [0.5, 0.6) is 0 Å². The number of nitrogens with two attached hydrogens (primary N) is 1. The van der Waals surface area contributed by atoms with Gasteiger partial charge in [-0.3, -0.25) is 4.98 Å². The molecule has 1 aromatic rings. The molecule has 1 heterocycles. The number of pyridine rings is 1. The first-order valence-corrected chi connectivity index (χ1v) is 8.67. The van der Waals surface area contributed by atoms with E-state index in [-0.39, 0.29) is 16.9 Å². The molecule has 5 nitrogen and oxygen atoms in total. The fourth-order valence-corrected chi connectivity index (χ4v) is 4.75. The predicted molar refractivity (Wildman–Crippen MR) is 78.6 cm³/mol. The minimum Gasteiger partial charge on any atom is -0.330 e. The summed E-state index contributed by atoms with van der Waals surface area (Å²) >= 11 is 0. The van der Waals surface area contributed by atoms with Crippen molar-refractivity contribution in [2.24, 2.45) is 11.7 Å². The highest BCUT2D eigenvalue weighted by Crippen LogP contribution is 2.31. The molecule has 2 atom stereocenters. The van der Waals surface area contributed by atoms with E-state index >= 15 is 0 Å². The molecule has 2 rings (SSSR count). The molecule has 1 saturated carbocycles. The first-order chi connectivity index (χ1) is 9.61. The summed E-state index contributed by atoms with van der Waals surface area (Å²) in [6.45, 7) is 2.90. The topological polar surface area (TPSA) is 76.3 Å². The van der Waals surface area contributed by atoms with Crippen LogP contribution in [0.4, 0.5) is 0 Å². The van der Waals surface area contributed by atoms with E-state index < -0.39 is 10.0 Å². The van der Waals surface area contributed by atoms with Gasteiger partial charge in [0.25, 0.3) is 0 Å². The molecule has 6 heteroatoms. The average molecular weight is 297 g/mol. The lowest BCUT2D eigenvalue weighted by molar-refractivity contribution is 0.187. The second-order valence-electron chi connectivity index (χ2n) is 5.24. The summed E-state index contributed by atoms with van der Waals surface area (Å²) in [7, 11) is -3.48. The van der Waals surface area contributed by atoms with E-state index in [9.17, 15) is 8.42 Å². The van der Waals surface area contributed by atoms with Crippen LogP contribution in [0.2, 0.25) is 0 Å². The van der Waals surface area contributed by atoms with Gasteiger partial charge in [-0.15, -0.1) is 0 Å². The fraction of sp³-hybridized carbons (Fsp3) is 0.643. The van der Waals surface area contributed by atoms with Crippen LogP contribution in [0.25, 0.3) is 0 Å². The second kappa shape index (κ2) is 6.65. The van der Waals surface area contributed by atoms with Gasteiger partial charge in [-0.1, -0.05) is 19.8 Å². The lowest BCUT2D eigenvalue weighted by Crippen LogP contribution is -2.47. The molecule has 2 unspecified atom stereocenters. The van der Waals surface area contributed by atoms with E-state index in [1.54, 1.807) is 22.6 Å². The highest BCUT2D eigenvalue weighted by atomic mass is 32.2. The van der Waals surface area contributed by atoms with Crippen molar-refractivity contribution in [3.8, 4) is 0 Å². The summed E-state index contributed by atoms with van der Waals surface area (Å²) in [4.78, 5) is 4.19. The monoisotopic (exact) mass is 297 g/mol. The Labute approximate surface area is 121 Å². The van der Waals surface area contributed by atoms with Crippen molar-refractivity contribution < 1.29 is 8.42 Å². The summed E-state index contributed by atoms with van der Waals surface area (Å²) in [6.07, 6.45) is 7.12. The number of hydrogen-bond acceptors (Lipinski definition) is 4. The van der Waals surface area contributed by atoms with E-state index in [0.717, 1.165) is 25.7 Å². The molecule has 1 fully saturated rings. The van der Waals surface area contributed by atoms with Gasteiger partial charge in [-0.25, -0.2) is 8.42 Å². The fourth-order valence-electron chi connectivity index (χ4n) is 3.06. The normalized spacial score (nSPS) is 23.9. The Kier molecular flexibility index (Phi) is 5.12. The lowest BCUT2D eigenvalue weighted by Gasteiger charge is -2.38. The number of sulfonamides is 1. The number of rotatable bonds is 5. The molecule has 0 amide bonds. The van der Waals surface area contributed by atoms with Gasteiger partial charge in [0.2, 0.25) is 10.0 Å². The van der Waals surface area contributed by atoms with E-state index in [1.807, 2.05) is 6.92 Å². The molecule has 0 aromatic carbocycles. The summed E-state index contributed by atoms with van der Waals surface area (Å²) < 4.78 is 27.2. The smallest absolute Gasteiger partial charge is 0.244 e. The van der Waals surface area contributed by atoms with Crippen LogP contribution in [0.15, 0.2) is 29.4 Å². The van der Waals surface area contributed by atoms with Crippen LogP contribution >= 0.6 is 0 Å². The molecular formula is C14H23N3O2S. The SMILES string of the molecule is CCN(C1CCCCC1CN)S(=O)(=O)c1cccnc1. The van der Waals surface area contributed by atoms with Crippen molar-refractivity contribution in [3.63, 3.8) is 0 Å². The average Bonchev–Trinajstić information content (AvgIpc) is 2.49. The maximum absolute atomic E-state index is 12.8. The van der Waals surface area contributed by atoms with E-state index in [1.165, 1.54) is 6.20 Å². The molecule has 1 aliphatic rings. The Balaban J connectivity index is 2.31. The third-order valence-corrected chi connectivity index (χ3v) is 6.08. The summed E-state index contributed by atoms with van der Waals surface area (Å²) in [6, 6.07) is 3.27. The van der Waals surface area contributed by atoms with Crippen LogP contribution < -0.4 is 5.73 Å². The molecule has 1 aromatic heterocycles. The summed E-state index contributed by atoms with van der Waals surface area (Å²) in [5, 5.41) is 0. The molecule has 0 bridgehead atoms. The van der Waals surface area contributed by atoms with Gasteiger partial charge < -0.3 is 5.73 Å². The minimum atomic E-state index is -3.48. The summed E-state index contributed by atoms with van der Waals surface area (Å²) in [5.41, 5.74) is 5.83. The zero-order valence-corrected chi connectivity index (χ0v) is 12.7. The molecule has 0 radical (unpaired) electrons. The van der Waals surface area contributed by atoms with Crippen LogP contribution in [0.1, 0.15) is 32.6 Å². The van der Waals surface area contributed by atoms with E-state index in [0.29, 0.717) is 13.1 Å². The Morgan fingerprint density at radius 2 is 2.15 bits per heavy atom. The Morgan fingerprint density at radius 3 is 2.75 bits per heavy atom. The lowest BCUT2D eigenvalue weighted by atomic mass is 9.84. The Morgan fingerprint density at radius 1 is 1.40 bits per heavy atom. The van der Waals surface area contributed by atoms with Gasteiger partial charge in [0, 0.05) is 25.0 Å². The van der Waals surface area contributed by atoms with Crippen molar-refractivity contribution >= 4 is 10.0 Å². The maximum atomic E-state index is 12.8. The third kappa shape index (κ3) is 3.02. The van der Waals surface area contributed by atoms with Gasteiger partial charge in [0.15, 0.2) is 0 Å². The molecule has 0 aliphatic heterocycles. The van der Waals surface area contributed by atoms with Crippen LogP contribution in [0.3, 0.4) is 0 Å². The predicted octanol–water partition coefficient (Wildman–Crippen LogP) is 1.61. The van der Waals surface area contributed by atoms with Crippen LogP contribution in [-0.4, -0.2) is 36.8 Å². The zero-order valence-electron chi connectivity index (χ0n) is 11.9. The summed E-state index contributed by atoms with van der Waals surface area (Å²) in [5.74, 6) is 0.259. The van der Waals surface area contributed by atoms with Crippen molar-refractivity contribution in [2.75, 3.05) is 13.1 Å². The van der Waals surface area contributed by atoms with Crippen molar-refractivity contribution in [3.05, 3.63) is 24.5 Å². The highest BCUT2D eigenvalue weighted by molar-refractivity contribution is 7.89. The minimum absolute atomic E-state index is 0.0176. The quantitative estimate of drug-likeness (QED) is 0.896. The zero-order chi connectivity index (χ0) is 14.6.